The van der Waals surface area contributed by atoms with Crippen LogP contribution in [0.5, 0.6) is 0 Å². The topological polar surface area (TPSA) is 118 Å². The summed E-state index contributed by atoms with van der Waals surface area (Å²) in [4.78, 5) is 12.2. The highest BCUT2D eigenvalue weighted by Gasteiger charge is 2.13. The lowest BCUT2D eigenvalue weighted by Gasteiger charge is -2.04. The standard InChI is InChI=1S/C16H13ClN4O3S/c17-11-3-1-10(2-4-11)14-9-15(21-20-14)16(22)19-12-5-7-13(8-6-12)25(18,23)24/h1-9H,(H,19,22)(H,20,21)(H2,18,23,24). The molecule has 0 fully saturated rings. The molecule has 25 heavy (non-hydrogen) atoms. The smallest absolute Gasteiger partial charge is 0.276 e. The molecule has 7 nitrogen and oxygen atoms in total. The number of carbonyl (C=O) groups is 1. The Bertz CT molecular complexity index is 1010. The van der Waals surface area contributed by atoms with E-state index in [0.29, 0.717) is 16.4 Å². The fourth-order valence-corrected chi connectivity index (χ4v) is 2.78. The number of aromatic amines is 1. The largest absolute Gasteiger partial charge is 0.321 e. The molecule has 0 unspecified atom stereocenters. The molecule has 2 aromatic carbocycles. The van der Waals surface area contributed by atoms with Crippen molar-refractivity contribution in [2.75, 3.05) is 5.32 Å². The Morgan fingerprint density at radius 3 is 2.32 bits per heavy atom. The molecule has 128 valence electrons. The minimum atomic E-state index is -3.77. The number of carbonyl (C=O) groups excluding carboxylic acids is 1. The molecule has 0 saturated carbocycles. The van der Waals surface area contributed by atoms with Gasteiger partial charge < -0.3 is 5.32 Å². The van der Waals surface area contributed by atoms with Gasteiger partial charge in [0.05, 0.1) is 10.6 Å². The molecule has 1 heterocycles. The first-order valence-corrected chi connectivity index (χ1v) is 9.01. The van der Waals surface area contributed by atoms with E-state index in [0.717, 1.165) is 5.56 Å². The molecule has 0 saturated heterocycles. The molecule has 1 amide bonds. The van der Waals surface area contributed by atoms with Crippen molar-refractivity contribution in [2.45, 2.75) is 4.90 Å². The number of nitrogens with one attached hydrogen (secondary N) is 2. The van der Waals surface area contributed by atoms with E-state index >= 15 is 0 Å². The zero-order valence-electron chi connectivity index (χ0n) is 12.7. The Balaban J connectivity index is 1.75. The van der Waals surface area contributed by atoms with Crippen LogP contribution in [0.4, 0.5) is 5.69 Å². The van der Waals surface area contributed by atoms with E-state index < -0.39 is 15.9 Å². The summed E-state index contributed by atoms with van der Waals surface area (Å²) in [6.07, 6.45) is 0. The first-order valence-electron chi connectivity index (χ1n) is 7.08. The van der Waals surface area contributed by atoms with E-state index in [2.05, 4.69) is 15.5 Å². The number of aromatic nitrogens is 2. The molecular formula is C16H13ClN4O3S. The summed E-state index contributed by atoms with van der Waals surface area (Å²) in [5.41, 5.74) is 2.13. The van der Waals surface area contributed by atoms with Crippen molar-refractivity contribution in [1.29, 1.82) is 0 Å². The first kappa shape index (κ1) is 17.2. The van der Waals surface area contributed by atoms with Crippen molar-refractivity contribution < 1.29 is 13.2 Å². The van der Waals surface area contributed by atoms with Gasteiger partial charge in [0.1, 0.15) is 0 Å². The summed E-state index contributed by atoms with van der Waals surface area (Å²) in [6, 6.07) is 14.2. The monoisotopic (exact) mass is 376 g/mol. The number of primary sulfonamides is 1. The third kappa shape index (κ3) is 4.05. The second-order valence-corrected chi connectivity index (χ2v) is 7.20. The van der Waals surface area contributed by atoms with E-state index in [1.54, 1.807) is 18.2 Å². The molecule has 9 heteroatoms. The van der Waals surface area contributed by atoms with Crippen molar-refractivity contribution in [2.24, 2.45) is 5.14 Å². The minimum Gasteiger partial charge on any atom is -0.321 e. The van der Waals surface area contributed by atoms with Crippen molar-refractivity contribution in [1.82, 2.24) is 10.2 Å². The minimum absolute atomic E-state index is 0.0321. The number of rotatable bonds is 4. The lowest BCUT2D eigenvalue weighted by atomic mass is 10.1. The maximum Gasteiger partial charge on any atom is 0.276 e. The highest BCUT2D eigenvalue weighted by molar-refractivity contribution is 7.89. The molecule has 0 bridgehead atoms. The first-order chi connectivity index (χ1) is 11.8. The fraction of sp³-hybridized carbons (Fsp3) is 0. The number of H-pyrrole nitrogens is 1. The van der Waals surface area contributed by atoms with E-state index in [1.165, 1.54) is 24.3 Å². The molecule has 0 aliphatic heterocycles. The number of benzene rings is 2. The Morgan fingerprint density at radius 1 is 1.08 bits per heavy atom. The van der Waals surface area contributed by atoms with Crippen LogP contribution in [0, 0.1) is 0 Å². The van der Waals surface area contributed by atoms with Gasteiger partial charge in [0.2, 0.25) is 10.0 Å². The average molecular weight is 377 g/mol. The maximum atomic E-state index is 12.2. The Morgan fingerprint density at radius 2 is 1.72 bits per heavy atom. The van der Waals surface area contributed by atoms with Gasteiger partial charge in [-0.3, -0.25) is 9.89 Å². The molecule has 4 N–H and O–H groups in total. The Labute approximate surface area is 148 Å². The maximum absolute atomic E-state index is 12.2. The van der Waals surface area contributed by atoms with Crippen LogP contribution < -0.4 is 10.5 Å². The summed E-state index contributed by atoms with van der Waals surface area (Å²) in [6.45, 7) is 0. The zero-order chi connectivity index (χ0) is 18.0. The summed E-state index contributed by atoms with van der Waals surface area (Å²) >= 11 is 5.85. The number of nitrogens with zero attached hydrogens (tertiary/aromatic N) is 1. The van der Waals surface area contributed by atoms with Crippen molar-refractivity contribution in [3.8, 4) is 11.3 Å². The molecule has 0 spiro atoms. The van der Waals surface area contributed by atoms with Gasteiger partial charge in [0.25, 0.3) is 5.91 Å². The second-order valence-electron chi connectivity index (χ2n) is 5.20. The average Bonchev–Trinajstić information content (AvgIpc) is 3.05. The second kappa shape index (κ2) is 6.67. The van der Waals surface area contributed by atoms with Crippen molar-refractivity contribution >= 4 is 33.2 Å². The Kier molecular flexibility index (Phi) is 4.58. The van der Waals surface area contributed by atoms with Crippen LogP contribution in [0.2, 0.25) is 5.02 Å². The van der Waals surface area contributed by atoms with Gasteiger partial charge in [-0.15, -0.1) is 0 Å². The van der Waals surface area contributed by atoms with Crippen molar-refractivity contribution in [3.05, 3.63) is 65.3 Å². The van der Waals surface area contributed by atoms with Crippen LogP contribution in [0.25, 0.3) is 11.3 Å². The van der Waals surface area contributed by atoms with Gasteiger partial charge in [0, 0.05) is 10.7 Å². The van der Waals surface area contributed by atoms with Crippen molar-refractivity contribution in [3.63, 3.8) is 0 Å². The van der Waals surface area contributed by atoms with E-state index in [-0.39, 0.29) is 10.6 Å². The highest BCUT2D eigenvalue weighted by Crippen LogP contribution is 2.21. The zero-order valence-corrected chi connectivity index (χ0v) is 14.3. The third-order valence-corrected chi connectivity index (χ3v) is 4.59. The number of halogens is 1. The van der Waals surface area contributed by atoms with Gasteiger partial charge in [0.15, 0.2) is 5.69 Å². The molecule has 0 radical (unpaired) electrons. The molecule has 3 aromatic rings. The normalized spacial score (nSPS) is 11.3. The van der Waals surface area contributed by atoms with Crippen LogP contribution in [0.1, 0.15) is 10.5 Å². The SMILES string of the molecule is NS(=O)(=O)c1ccc(NC(=O)c2cc(-c3ccc(Cl)cc3)[nH]n2)cc1. The summed E-state index contributed by atoms with van der Waals surface area (Å²) in [5, 5.41) is 15.0. The molecule has 0 atom stereocenters. The van der Waals surface area contributed by atoms with Gasteiger partial charge in [-0.2, -0.15) is 5.10 Å². The molecule has 3 rings (SSSR count). The lowest BCUT2D eigenvalue weighted by molar-refractivity contribution is 0.102. The Hall–Kier alpha value is -2.68. The highest BCUT2D eigenvalue weighted by atomic mass is 35.5. The number of sulfonamides is 1. The number of hydrogen-bond donors (Lipinski definition) is 3. The number of nitrogens with two attached hydrogens (primary N) is 1. The van der Waals surface area contributed by atoms with Gasteiger partial charge in [-0.1, -0.05) is 23.7 Å². The summed E-state index contributed by atoms with van der Waals surface area (Å²) in [7, 11) is -3.77. The molecule has 1 aromatic heterocycles. The van der Waals surface area contributed by atoms with E-state index in [4.69, 9.17) is 16.7 Å². The van der Waals surface area contributed by atoms with Crippen LogP contribution in [0.15, 0.2) is 59.5 Å². The number of hydrogen-bond acceptors (Lipinski definition) is 4. The molecule has 0 aliphatic carbocycles. The predicted octanol–water partition coefficient (Wildman–Crippen LogP) is 2.63. The van der Waals surface area contributed by atoms with Crippen LogP contribution in [-0.2, 0) is 10.0 Å². The molecular weight excluding hydrogens is 364 g/mol. The van der Waals surface area contributed by atoms with Gasteiger partial charge >= 0.3 is 0 Å². The lowest BCUT2D eigenvalue weighted by Crippen LogP contribution is -2.14. The van der Waals surface area contributed by atoms with E-state index in [1.807, 2.05) is 12.1 Å². The van der Waals surface area contributed by atoms with Crippen LogP contribution in [0.3, 0.4) is 0 Å². The van der Waals surface area contributed by atoms with Crippen LogP contribution >= 0.6 is 11.6 Å². The van der Waals surface area contributed by atoms with Gasteiger partial charge in [-0.25, -0.2) is 13.6 Å². The molecule has 0 aliphatic rings. The third-order valence-electron chi connectivity index (χ3n) is 3.41. The quantitative estimate of drug-likeness (QED) is 0.648. The summed E-state index contributed by atoms with van der Waals surface area (Å²) < 4.78 is 22.4. The summed E-state index contributed by atoms with van der Waals surface area (Å²) in [5.74, 6) is -0.431. The van der Waals surface area contributed by atoms with Crippen LogP contribution in [-0.4, -0.2) is 24.5 Å². The van der Waals surface area contributed by atoms with E-state index in [9.17, 15) is 13.2 Å². The predicted molar refractivity (Wildman–Crippen MR) is 94.8 cm³/mol. The number of anilines is 1. The number of amides is 1. The van der Waals surface area contributed by atoms with Gasteiger partial charge in [-0.05, 0) is 48.0 Å². The fourth-order valence-electron chi connectivity index (χ4n) is 2.14.